The fourth-order valence-corrected chi connectivity index (χ4v) is 2.39. The van der Waals surface area contributed by atoms with Crippen LogP contribution in [0.25, 0.3) is 0 Å². The van der Waals surface area contributed by atoms with Crippen LogP contribution in [0.5, 0.6) is 0 Å². The van der Waals surface area contributed by atoms with Gasteiger partial charge in [-0.15, -0.1) is 0 Å². The van der Waals surface area contributed by atoms with Crippen molar-refractivity contribution in [3.8, 4) is 0 Å². The summed E-state index contributed by atoms with van der Waals surface area (Å²) in [6.07, 6.45) is 2.26. The third-order valence-electron chi connectivity index (χ3n) is 4.16. The summed E-state index contributed by atoms with van der Waals surface area (Å²) in [5.74, 6) is -1.63. The van der Waals surface area contributed by atoms with Gasteiger partial charge in [-0.2, -0.15) is 0 Å². The Balaban J connectivity index is 4.97. The molecule has 0 aliphatic rings. The minimum absolute atomic E-state index is 0.0994. The van der Waals surface area contributed by atoms with Crippen molar-refractivity contribution in [2.24, 2.45) is 0 Å². The predicted molar refractivity (Wildman–Crippen MR) is 118 cm³/mol. The summed E-state index contributed by atoms with van der Waals surface area (Å²) in [5.41, 5.74) is -0.876. The maximum atomic E-state index is 11.4. The largest absolute Gasteiger partial charge is 0.457 e. The van der Waals surface area contributed by atoms with Gasteiger partial charge in [0, 0.05) is 18.2 Å². The zero-order chi connectivity index (χ0) is 24.6. The second-order valence-corrected chi connectivity index (χ2v) is 7.23. The zero-order valence-electron chi connectivity index (χ0n) is 19.5. The second kappa shape index (κ2) is 16.2. The van der Waals surface area contributed by atoms with Crippen LogP contribution in [-0.2, 0) is 42.8 Å². The predicted octanol–water partition coefficient (Wildman–Crippen LogP) is 2.54. The van der Waals surface area contributed by atoms with E-state index < -0.39 is 41.8 Å². The third-order valence-corrected chi connectivity index (χ3v) is 4.16. The highest BCUT2D eigenvalue weighted by molar-refractivity contribution is 5.82. The Labute approximate surface area is 190 Å². The van der Waals surface area contributed by atoms with Crippen LogP contribution in [0.1, 0.15) is 34.1 Å². The number of hydrogen-bond donors (Lipinski definition) is 0. The normalized spacial score (nSPS) is 15.4. The molecule has 0 heterocycles. The Bertz CT molecular complexity index is 595. The molecule has 0 bridgehead atoms. The molecule has 32 heavy (non-hydrogen) atoms. The first-order valence-electron chi connectivity index (χ1n) is 10.4. The van der Waals surface area contributed by atoms with Crippen LogP contribution in [0.3, 0.4) is 0 Å². The van der Waals surface area contributed by atoms with E-state index in [4.69, 9.17) is 28.4 Å². The van der Waals surface area contributed by atoms with E-state index in [0.717, 1.165) is 18.2 Å². The van der Waals surface area contributed by atoms with Crippen molar-refractivity contribution in [3.05, 3.63) is 38.0 Å². The van der Waals surface area contributed by atoms with Crippen LogP contribution in [-0.4, -0.2) is 74.9 Å². The van der Waals surface area contributed by atoms with Crippen molar-refractivity contribution in [3.63, 3.8) is 0 Å². The van der Waals surface area contributed by atoms with Crippen LogP contribution in [0.4, 0.5) is 0 Å². The number of hydrogen-bond acceptors (Lipinski definition) is 9. The fourth-order valence-electron chi connectivity index (χ4n) is 2.39. The number of rotatable bonds is 18. The molecule has 3 atom stereocenters. The van der Waals surface area contributed by atoms with Crippen LogP contribution in [0.15, 0.2) is 38.0 Å². The summed E-state index contributed by atoms with van der Waals surface area (Å²) in [7, 11) is 0. The van der Waals surface area contributed by atoms with Crippen molar-refractivity contribution in [2.45, 2.75) is 58.0 Å². The first-order chi connectivity index (χ1) is 15.1. The molecule has 0 aromatic heterocycles. The van der Waals surface area contributed by atoms with E-state index >= 15 is 0 Å². The summed E-state index contributed by atoms with van der Waals surface area (Å²) in [6, 6.07) is 0. The molecule has 0 N–H and O–H groups in total. The van der Waals surface area contributed by atoms with Crippen molar-refractivity contribution >= 4 is 17.9 Å². The lowest BCUT2D eigenvalue weighted by Crippen LogP contribution is -2.45. The molecule has 0 aliphatic heterocycles. The molecule has 0 radical (unpaired) electrons. The van der Waals surface area contributed by atoms with Crippen molar-refractivity contribution in [1.29, 1.82) is 0 Å². The molecule has 182 valence electrons. The standard InChI is InChI=1S/C23H36O9/c1-8-20(24)30-17(5)12-27-15-23(11-4,29-14-19(7)32-22(26)10-3)16-28-13-18(6)31-21(25)9-2/h8-10,17-19H,1-3,11-16H2,4-7H3. The quantitative estimate of drug-likeness (QED) is 0.175. The Hall–Kier alpha value is -2.49. The van der Waals surface area contributed by atoms with Gasteiger partial charge >= 0.3 is 17.9 Å². The fraction of sp³-hybridized carbons (Fsp3) is 0.609. The molecule has 0 saturated heterocycles. The summed E-state index contributed by atoms with van der Waals surface area (Å²) >= 11 is 0. The summed E-state index contributed by atoms with van der Waals surface area (Å²) in [5, 5.41) is 0. The molecule has 0 aromatic carbocycles. The van der Waals surface area contributed by atoms with Crippen molar-refractivity contribution in [1.82, 2.24) is 0 Å². The molecule has 9 nitrogen and oxygen atoms in total. The van der Waals surface area contributed by atoms with Crippen LogP contribution in [0.2, 0.25) is 0 Å². The van der Waals surface area contributed by atoms with Crippen LogP contribution in [0, 0.1) is 0 Å². The smallest absolute Gasteiger partial charge is 0.330 e. The van der Waals surface area contributed by atoms with Gasteiger partial charge in [0.15, 0.2) is 0 Å². The Kier molecular flexibility index (Phi) is 14.9. The van der Waals surface area contributed by atoms with E-state index in [0.29, 0.717) is 6.42 Å². The van der Waals surface area contributed by atoms with Crippen molar-refractivity contribution < 1.29 is 42.8 Å². The van der Waals surface area contributed by atoms with Gasteiger partial charge in [-0.05, 0) is 27.2 Å². The monoisotopic (exact) mass is 456 g/mol. The van der Waals surface area contributed by atoms with Gasteiger partial charge in [-0.3, -0.25) is 0 Å². The average Bonchev–Trinajstić information content (AvgIpc) is 2.76. The summed E-state index contributed by atoms with van der Waals surface area (Å²) in [6.45, 7) is 17.7. The third kappa shape index (κ3) is 13.0. The van der Waals surface area contributed by atoms with E-state index in [2.05, 4.69) is 19.7 Å². The number of ether oxygens (including phenoxy) is 6. The molecule has 0 amide bonds. The lowest BCUT2D eigenvalue weighted by molar-refractivity contribution is -0.175. The highest BCUT2D eigenvalue weighted by Crippen LogP contribution is 2.19. The Morgan fingerprint density at radius 2 is 1.06 bits per heavy atom. The molecule has 0 aliphatic carbocycles. The zero-order valence-corrected chi connectivity index (χ0v) is 19.5. The molecule has 0 spiro atoms. The highest BCUT2D eigenvalue weighted by atomic mass is 16.6. The van der Waals surface area contributed by atoms with Gasteiger partial charge in [-0.1, -0.05) is 26.7 Å². The van der Waals surface area contributed by atoms with E-state index in [9.17, 15) is 14.4 Å². The minimum Gasteiger partial charge on any atom is -0.457 e. The van der Waals surface area contributed by atoms with E-state index in [1.165, 1.54) is 0 Å². The Morgan fingerprint density at radius 1 is 0.719 bits per heavy atom. The average molecular weight is 457 g/mol. The van der Waals surface area contributed by atoms with Gasteiger partial charge in [-0.25, -0.2) is 14.4 Å². The maximum Gasteiger partial charge on any atom is 0.330 e. The lowest BCUT2D eigenvalue weighted by atomic mass is 10.0. The van der Waals surface area contributed by atoms with Crippen molar-refractivity contribution in [2.75, 3.05) is 33.0 Å². The Morgan fingerprint density at radius 3 is 1.38 bits per heavy atom. The molecule has 3 unspecified atom stereocenters. The van der Waals surface area contributed by atoms with E-state index in [1.54, 1.807) is 20.8 Å². The molecule has 0 aromatic rings. The van der Waals surface area contributed by atoms with Gasteiger partial charge in [0.05, 0.1) is 33.0 Å². The lowest BCUT2D eigenvalue weighted by Gasteiger charge is -2.34. The molecule has 0 fully saturated rings. The molecular weight excluding hydrogens is 420 g/mol. The van der Waals surface area contributed by atoms with Gasteiger partial charge in [0.25, 0.3) is 0 Å². The molecule has 9 heteroatoms. The van der Waals surface area contributed by atoms with E-state index in [1.807, 2.05) is 6.92 Å². The topological polar surface area (TPSA) is 107 Å². The maximum absolute atomic E-state index is 11.4. The second-order valence-electron chi connectivity index (χ2n) is 7.23. The first kappa shape index (κ1) is 29.5. The highest BCUT2D eigenvalue weighted by Gasteiger charge is 2.32. The summed E-state index contributed by atoms with van der Waals surface area (Å²) in [4.78, 5) is 34.0. The molecular formula is C23H36O9. The van der Waals surface area contributed by atoms with Gasteiger partial charge in [0.2, 0.25) is 0 Å². The van der Waals surface area contributed by atoms with E-state index in [-0.39, 0.29) is 33.0 Å². The van der Waals surface area contributed by atoms with Crippen LogP contribution < -0.4 is 0 Å². The SMILES string of the molecule is C=CC(=O)OC(C)COCC(CC)(COCC(C)OC(=O)C=C)OCC(C)OC(=O)C=C. The van der Waals surface area contributed by atoms with Gasteiger partial charge in [0.1, 0.15) is 23.9 Å². The number of esters is 3. The first-order valence-corrected chi connectivity index (χ1v) is 10.4. The summed E-state index contributed by atoms with van der Waals surface area (Å²) < 4.78 is 32.8. The number of carbonyl (C=O) groups excluding carboxylic acids is 3. The molecule has 0 saturated carbocycles. The van der Waals surface area contributed by atoms with Gasteiger partial charge < -0.3 is 28.4 Å². The van der Waals surface area contributed by atoms with Crippen LogP contribution >= 0.6 is 0 Å². The molecule has 0 rings (SSSR count). The minimum atomic E-state index is -0.876. The number of carbonyl (C=O) groups is 3.